The average molecular weight is 180 g/mol. The van der Waals surface area contributed by atoms with Gasteiger partial charge in [0.1, 0.15) is 5.60 Å². The molecule has 0 aromatic heterocycles. The zero-order valence-corrected chi connectivity index (χ0v) is 8.30. The van der Waals surface area contributed by atoms with Crippen LogP contribution in [-0.2, 0) is 9.53 Å². The minimum Gasteiger partial charge on any atom is -0.459 e. The minimum atomic E-state index is -0.180. The van der Waals surface area contributed by atoms with Crippen LogP contribution in [0.4, 0.5) is 0 Å². The van der Waals surface area contributed by atoms with E-state index in [0.29, 0.717) is 18.3 Å². The molecule has 2 heteroatoms. The van der Waals surface area contributed by atoms with Gasteiger partial charge in [-0.1, -0.05) is 12.2 Å². The summed E-state index contributed by atoms with van der Waals surface area (Å²) in [4.78, 5) is 11.2. The van der Waals surface area contributed by atoms with E-state index in [1.165, 1.54) is 5.57 Å². The van der Waals surface area contributed by atoms with Gasteiger partial charge in [0.25, 0.3) is 0 Å². The van der Waals surface area contributed by atoms with Gasteiger partial charge in [0.2, 0.25) is 0 Å². The van der Waals surface area contributed by atoms with Crippen molar-refractivity contribution in [2.45, 2.75) is 38.7 Å². The van der Waals surface area contributed by atoms with Gasteiger partial charge >= 0.3 is 5.97 Å². The van der Waals surface area contributed by atoms with E-state index >= 15 is 0 Å². The van der Waals surface area contributed by atoms with E-state index < -0.39 is 0 Å². The van der Waals surface area contributed by atoms with Gasteiger partial charge in [-0.15, -0.1) is 0 Å². The van der Waals surface area contributed by atoms with Gasteiger partial charge in [-0.25, -0.2) is 0 Å². The number of carbonyl (C=O) groups excluding carboxylic acids is 1. The summed E-state index contributed by atoms with van der Waals surface area (Å²) in [5.41, 5.74) is 1.02. The van der Waals surface area contributed by atoms with Crippen LogP contribution < -0.4 is 0 Å². The van der Waals surface area contributed by atoms with E-state index in [2.05, 4.69) is 20.4 Å². The van der Waals surface area contributed by atoms with E-state index in [-0.39, 0.29) is 11.6 Å². The summed E-state index contributed by atoms with van der Waals surface area (Å²) < 4.78 is 5.37. The van der Waals surface area contributed by atoms with Crippen LogP contribution in [-0.4, -0.2) is 11.6 Å². The summed E-state index contributed by atoms with van der Waals surface area (Å²) >= 11 is 0. The zero-order valence-electron chi connectivity index (χ0n) is 8.30. The van der Waals surface area contributed by atoms with Gasteiger partial charge in [-0.2, -0.15) is 0 Å². The Hall–Kier alpha value is -0.790. The van der Waals surface area contributed by atoms with Crippen LogP contribution in [0.1, 0.15) is 33.1 Å². The molecule has 0 bridgehead atoms. The predicted molar refractivity (Wildman–Crippen MR) is 50.1 cm³/mol. The number of fused-ring (bicyclic) bond motifs is 1. The normalized spacial score (nSPS) is 43.1. The summed E-state index contributed by atoms with van der Waals surface area (Å²) in [5, 5.41) is 0. The Bertz CT molecular complexity index is 269. The Morgan fingerprint density at radius 3 is 3.00 bits per heavy atom. The summed E-state index contributed by atoms with van der Waals surface area (Å²) in [6.07, 6.45) is 2.72. The van der Waals surface area contributed by atoms with Crippen molar-refractivity contribution < 1.29 is 9.53 Å². The van der Waals surface area contributed by atoms with Gasteiger partial charge in [0, 0.05) is 5.92 Å². The highest BCUT2D eigenvalue weighted by atomic mass is 16.6. The molecule has 1 heterocycles. The Kier molecular flexibility index (Phi) is 1.76. The molecular formula is C11H16O2. The molecule has 3 atom stereocenters. The third-order valence-corrected chi connectivity index (χ3v) is 3.59. The van der Waals surface area contributed by atoms with E-state index in [1.807, 2.05) is 0 Å². The molecule has 13 heavy (non-hydrogen) atoms. The number of hydrogen-bond acceptors (Lipinski definition) is 2. The molecule has 1 aliphatic carbocycles. The van der Waals surface area contributed by atoms with Crippen molar-refractivity contribution in [1.29, 1.82) is 0 Å². The number of allylic oxidation sites excluding steroid dienone is 1. The van der Waals surface area contributed by atoms with E-state index in [4.69, 9.17) is 4.74 Å². The first-order valence-corrected chi connectivity index (χ1v) is 4.90. The first-order chi connectivity index (χ1) is 6.03. The maximum atomic E-state index is 11.2. The molecule has 0 N–H and O–H groups in total. The zero-order chi connectivity index (χ0) is 9.64. The topological polar surface area (TPSA) is 26.3 Å². The van der Waals surface area contributed by atoms with Gasteiger partial charge in [0.05, 0.1) is 6.42 Å². The van der Waals surface area contributed by atoms with Gasteiger partial charge in [-0.3, -0.25) is 4.79 Å². The molecule has 1 saturated heterocycles. The highest BCUT2D eigenvalue weighted by Gasteiger charge is 2.53. The van der Waals surface area contributed by atoms with Crippen LogP contribution >= 0.6 is 0 Å². The maximum absolute atomic E-state index is 11.2. The Labute approximate surface area is 79.0 Å². The number of esters is 1. The van der Waals surface area contributed by atoms with Crippen molar-refractivity contribution in [3.63, 3.8) is 0 Å². The summed E-state index contributed by atoms with van der Waals surface area (Å²) in [6, 6.07) is 0. The summed E-state index contributed by atoms with van der Waals surface area (Å²) in [5.74, 6) is 0.854. The third-order valence-electron chi connectivity index (χ3n) is 3.59. The summed E-state index contributed by atoms with van der Waals surface area (Å²) in [6.45, 7) is 8.10. The van der Waals surface area contributed by atoms with Crippen LogP contribution in [0.25, 0.3) is 0 Å². The molecule has 72 valence electrons. The smallest absolute Gasteiger partial charge is 0.306 e. The number of rotatable bonds is 1. The lowest BCUT2D eigenvalue weighted by Gasteiger charge is -2.24. The molecule has 1 aliphatic heterocycles. The van der Waals surface area contributed by atoms with E-state index in [9.17, 15) is 4.79 Å². The lowest BCUT2D eigenvalue weighted by Crippen LogP contribution is -2.28. The molecule has 2 fully saturated rings. The lowest BCUT2D eigenvalue weighted by atomic mass is 9.83. The summed E-state index contributed by atoms with van der Waals surface area (Å²) in [7, 11) is 0. The SMILES string of the molecule is C=C(C)[C@@H]1CC[C@]2(C)OC(=O)C[C@H]12. The van der Waals surface area contributed by atoms with Crippen molar-refractivity contribution >= 4 is 5.97 Å². The van der Waals surface area contributed by atoms with Crippen molar-refractivity contribution in [2.75, 3.05) is 0 Å². The Morgan fingerprint density at radius 1 is 1.69 bits per heavy atom. The van der Waals surface area contributed by atoms with E-state index in [1.54, 1.807) is 0 Å². The molecule has 0 radical (unpaired) electrons. The fraction of sp³-hybridized carbons (Fsp3) is 0.727. The second-order valence-electron chi connectivity index (χ2n) is 4.59. The highest BCUT2D eigenvalue weighted by Crippen LogP contribution is 2.50. The van der Waals surface area contributed by atoms with Gasteiger partial charge in [-0.05, 0) is 32.6 Å². The fourth-order valence-electron chi connectivity index (χ4n) is 2.81. The predicted octanol–water partition coefficient (Wildman–Crippen LogP) is 2.29. The molecule has 1 saturated carbocycles. The van der Waals surface area contributed by atoms with Crippen LogP contribution in [0.2, 0.25) is 0 Å². The molecule has 0 aromatic rings. The largest absolute Gasteiger partial charge is 0.459 e. The van der Waals surface area contributed by atoms with Crippen molar-refractivity contribution in [1.82, 2.24) is 0 Å². The number of hydrogen-bond donors (Lipinski definition) is 0. The van der Waals surface area contributed by atoms with Crippen LogP contribution in [0.15, 0.2) is 12.2 Å². The van der Waals surface area contributed by atoms with Crippen molar-refractivity contribution in [2.24, 2.45) is 11.8 Å². The number of carbonyl (C=O) groups is 1. The molecule has 0 aromatic carbocycles. The molecular weight excluding hydrogens is 164 g/mol. The van der Waals surface area contributed by atoms with Gasteiger partial charge < -0.3 is 4.74 Å². The van der Waals surface area contributed by atoms with Crippen LogP contribution in [0, 0.1) is 11.8 Å². The highest BCUT2D eigenvalue weighted by molar-refractivity contribution is 5.73. The van der Waals surface area contributed by atoms with Crippen LogP contribution in [0.5, 0.6) is 0 Å². The Morgan fingerprint density at radius 2 is 2.38 bits per heavy atom. The quantitative estimate of drug-likeness (QED) is 0.457. The maximum Gasteiger partial charge on any atom is 0.306 e. The second-order valence-corrected chi connectivity index (χ2v) is 4.59. The molecule has 2 rings (SSSR count). The van der Waals surface area contributed by atoms with Gasteiger partial charge in [0.15, 0.2) is 0 Å². The molecule has 0 unspecified atom stereocenters. The fourth-order valence-corrected chi connectivity index (χ4v) is 2.81. The minimum absolute atomic E-state index is 0.0292. The lowest BCUT2D eigenvalue weighted by molar-refractivity contribution is -0.147. The third kappa shape index (κ3) is 1.19. The first-order valence-electron chi connectivity index (χ1n) is 4.90. The molecule has 2 nitrogen and oxygen atoms in total. The molecule has 0 spiro atoms. The second kappa shape index (κ2) is 2.60. The number of ether oxygens (including phenoxy) is 1. The van der Waals surface area contributed by atoms with Crippen molar-refractivity contribution in [3.05, 3.63) is 12.2 Å². The van der Waals surface area contributed by atoms with E-state index in [0.717, 1.165) is 12.8 Å². The standard InChI is InChI=1S/C11H16O2/c1-7(2)8-4-5-11(3)9(8)6-10(12)13-11/h8-9H,1,4-6H2,2-3H3/t8-,9+,11-/m0/s1. The Balaban J connectivity index is 2.24. The molecule has 0 amide bonds. The average Bonchev–Trinajstić information content (AvgIpc) is 2.40. The monoisotopic (exact) mass is 180 g/mol. The first kappa shape index (κ1) is 8.79. The molecule has 2 aliphatic rings. The van der Waals surface area contributed by atoms with Crippen molar-refractivity contribution in [3.8, 4) is 0 Å². The van der Waals surface area contributed by atoms with Crippen LogP contribution in [0.3, 0.4) is 0 Å².